The Hall–Kier alpha value is -1.87. The second-order valence-corrected chi connectivity index (χ2v) is 8.12. The van der Waals surface area contributed by atoms with Crippen molar-refractivity contribution in [3.63, 3.8) is 0 Å². The number of nitrogens with zero attached hydrogens (tertiary/aromatic N) is 3. The van der Waals surface area contributed by atoms with E-state index in [2.05, 4.69) is 15.5 Å². The standard InChI is InChI=1S/C16H14Cl3N5O2S/c1-7-10(3-4-26-7)14-22-23-16(24(14)20)27-8(2)15(25)21-13-11(18)5-9(17)6-12(13)19/h3-6,8H,20H2,1-2H3,(H,21,25). The molecule has 0 saturated carbocycles. The number of carbonyl (C=O) groups is 1. The number of aromatic nitrogens is 3. The molecule has 0 aliphatic heterocycles. The van der Waals surface area contributed by atoms with Crippen LogP contribution >= 0.6 is 46.6 Å². The third-order valence-corrected chi connectivity index (χ3v) is 5.54. The lowest BCUT2D eigenvalue weighted by molar-refractivity contribution is -0.115. The van der Waals surface area contributed by atoms with E-state index < -0.39 is 5.25 Å². The number of anilines is 1. The molecule has 1 amide bonds. The zero-order chi connectivity index (χ0) is 19.7. The molecule has 11 heteroatoms. The fraction of sp³-hybridized carbons (Fsp3) is 0.188. The van der Waals surface area contributed by atoms with Gasteiger partial charge in [-0.25, -0.2) is 4.68 Å². The Balaban J connectivity index is 1.74. The zero-order valence-electron chi connectivity index (χ0n) is 14.2. The van der Waals surface area contributed by atoms with Gasteiger partial charge < -0.3 is 15.6 Å². The van der Waals surface area contributed by atoms with Gasteiger partial charge in [0.2, 0.25) is 11.1 Å². The van der Waals surface area contributed by atoms with Crippen LogP contribution in [0.15, 0.2) is 34.0 Å². The van der Waals surface area contributed by atoms with Gasteiger partial charge in [0.1, 0.15) is 5.76 Å². The van der Waals surface area contributed by atoms with Crippen LogP contribution in [0.3, 0.4) is 0 Å². The highest BCUT2D eigenvalue weighted by atomic mass is 35.5. The molecule has 1 aromatic carbocycles. The van der Waals surface area contributed by atoms with Gasteiger partial charge >= 0.3 is 0 Å². The molecule has 7 nitrogen and oxygen atoms in total. The molecule has 0 fully saturated rings. The number of halogens is 3. The van der Waals surface area contributed by atoms with Crippen molar-refractivity contribution in [2.45, 2.75) is 24.3 Å². The van der Waals surface area contributed by atoms with E-state index in [-0.39, 0.29) is 16.0 Å². The Morgan fingerprint density at radius 2 is 1.96 bits per heavy atom. The molecule has 27 heavy (non-hydrogen) atoms. The van der Waals surface area contributed by atoms with Crippen molar-refractivity contribution >= 4 is 58.2 Å². The summed E-state index contributed by atoms with van der Waals surface area (Å²) in [5.41, 5.74) is 1.03. The monoisotopic (exact) mass is 445 g/mol. The highest BCUT2D eigenvalue weighted by molar-refractivity contribution is 8.00. The lowest BCUT2D eigenvalue weighted by Crippen LogP contribution is -2.24. The van der Waals surface area contributed by atoms with Crippen molar-refractivity contribution in [2.24, 2.45) is 0 Å². The maximum Gasteiger partial charge on any atom is 0.237 e. The van der Waals surface area contributed by atoms with E-state index in [0.29, 0.717) is 27.5 Å². The van der Waals surface area contributed by atoms with Gasteiger partial charge in [-0.2, -0.15) is 0 Å². The molecular formula is C16H14Cl3N5O2S. The molecule has 0 radical (unpaired) electrons. The van der Waals surface area contributed by atoms with Gasteiger partial charge in [0.25, 0.3) is 0 Å². The van der Waals surface area contributed by atoms with Gasteiger partial charge in [-0.3, -0.25) is 4.79 Å². The first-order chi connectivity index (χ1) is 12.8. The lowest BCUT2D eigenvalue weighted by Gasteiger charge is -2.14. The van der Waals surface area contributed by atoms with Crippen LogP contribution in [0.2, 0.25) is 15.1 Å². The minimum atomic E-state index is -0.544. The maximum atomic E-state index is 12.5. The Morgan fingerprint density at radius 1 is 1.30 bits per heavy atom. The second kappa shape index (κ2) is 8.02. The first kappa shape index (κ1) is 19.9. The van der Waals surface area contributed by atoms with Gasteiger partial charge in [0, 0.05) is 5.02 Å². The molecule has 1 atom stereocenters. The van der Waals surface area contributed by atoms with Crippen LogP contribution in [0, 0.1) is 6.92 Å². The van der Waals surface area contributed by atoms with E-state index in [1.807, 2.05) is 0 Å². The summed E-state index contributed by atoms with van der Waals surface area (Å²) in [4.78, 5) is 12.5. The maximum absolute atomic E-state index is 12.5. The van der Waals surface area contributed by atoms with Gasteiger partial charge in [-0.15, -0.1) is 10.2 Å². The number of benzene rings is 1. The molecule has 1 unspecified atom stereocenters. The molecule has 2 aromatic heterocycles. The number of nitrogens with one attached hydrogen (secondary N) is 1. The molecule has 3 aromatic rings. The minimum absolute atomic E-state index is 0.248. The summed E-state index contributed by atoms with van der Waals surface area (Å²) in [6.07, 6.45) is 1.54. The molecule has 0 bridgehead atoms. The summed E-state index contributed by atoms with van der Waals surface area (Å²) < 4.78 is 6.57. The Morgan fingerprint density at radius 3 is 2.56 bits per heavy atom. The summed E-state index contributed by atoms with van der Waals surface area (Å²) in [5.74, 6) is 6.86. The third kappa shape index (κ3) is 4.19. The first-order valence-electron chi connectivity index (χ1n) is 7.65. The molecular weight excluding hydrogens is 433 g/mol. The fourth-order valence-electron chi connectivity index (χ4n) is 2.26. The zero-order valence-corrected chi connectivity index (χ0v) is 17.2. The summed E-state index contributed by atoms with van der Waals surface area (Å²) in [5, 5.41) is 11.5. The molecule has 3 N–H and O–H groups in total. The van der Waals surface area contributed by atoms with Crippen LogP contribution in [-0.2, 0) is 4.79 Å². The first-order valence-corrected chi connectivity index (χ1v) is 9.66. The number of hydrogen-bond acceptors (Lipinski definition) is 6. The van der Waals surface area contributed by atoms with Crippen LogP contribution in [0.25, 0.3) is 11.4 Å². The predicted molar refractivity (Wildman–Crippen MR) is 108 cm³/mol. The number of nitrogen functional groups attached to an aromatic ring is 1. The third-order valence-electron chi connectivity index (χ3n) is 3.67. The summed E-state index contributed by atoms with van der Waals surface area (Å²) in [6.45, 7) is 3.50. The van der Waals surface area contributed by atoms with Crippen molar-refractivity contribution in [1.82, 2.24) is 14.9 Å². The highest BCUT2D eigenvalue weighted by Crippen LogP contribution is 2.34. The number of nitrogens with two attached hydrogens (primary N) is 1. The van der Waals surface area contributed by atoms with Crippen molar-refractivity contribution in [3.05, 3.63) is 45.3 Å². The Bertz CT molecular complexity index is 981. The summed E-state index contributed by atoms with van der Waals surface area (Å²) in [7, 11) is 0. The van der Waals surface area contributed by atoms with Crippen molar-refractivity contribution in [3.8, 4) is 11.4 Å². The van der Waals surface area contributed by atoms with Crippen LogP contribution in [0.1, 0.15) is 12.7 Å². The van der Waals surface area contributed by atoms with E-state index in [0.717, 1.165) is 17.3 Å². The second-order valence-electron chi connectivity index (χ2n) is 5.56. The quantitative estimate of drug-likeness (QED) is 0.437. The number of thioether (sulfide) groups is 1. The lowest BCUT2D eigenvalue weighted by atomic mass is 10.2. The van der Waals surface area contributed by atoms with Crippen LogP contribution < -0.4 is 11.2 Å². The normalized spacial score (nSPS) is 12.2. The largest absolute Gasteiger partial charge is 0.469 e. The average molecular weight is 447 g/mol. The van der Waals surface area contributed by atoms with E-state index in [4.69, 9.17) is 45.1 Å². The number of hydrogen-bond donors (Lipinski definition) is 2. The number of furan rings is 1. The molecule has 0 saturated heterocycles. The fourth-order valence-corrected chi connectivity index (χ4v) is 3.94. The van der Waals surface area contributed by atoms with Crippen molar-refractivity contribution < 1.29 is 9.21 Å². The number of aryl methyl sites for hydroxylation is 1. The number of rotatable bonds is 5. The van der Waals surface area contributed by atoms with Crippen LogP contribution in [0.5, 0.6) is 0 Å². The highest BCUT2D eigenvalue weighted by Gasteiger charge is 2.22. The van der Waals surface area contributed by atoms with Gasteiger partial charge in [0.15, 0.2) is 5.82 Å². The van der Waals surface area contributed by atoms with Gasteiger partial charge in [-0.1, -0.05) is 46.6 Å². The van der Waals surface area contributed by atoms with Crippen LogP contribution in [0.4, 0.5) is 5.69 Å². The minimum Gasteiger partial charge on any atom is -0.469 e. The number of carbonyl (C=O) groups excluding carboxylic acids is 1. The number of amides is 1. The van der Waals surface area contributed by atoms with Gasteiger partial charge in [-0.05, 0) is 32.0 Å². The Labute approximate surface area is 174 Å². The van der Waals surface area contributed by atoms with Crippen LogP contribution in [-0.4, -0.2) is 26.0 Å². The van der Waals surface area contributed by atoms with E-state index in [1.54, 1.807) is 26.2 Å². The topological polar surface area (TPSA) is 99.0 Å². The molecule has 0 spiro atoms. The smallest absolute Gasteiger partial charge is 0.237 e. The van der Waals surface area contributed by atoms with Crippen molar-refractivity contribution in [2.75, 3.05) is 11.2 Å². The SMILES string of the molecule is Cc1occc1-c1nnc(SC(C)C(=O)Nc2c(Cl)cc(Cl)cc2Cl)n1N. The molecule has 2 heterocycles. The molecule has 0 aliphatic carbocycles. The summed E-state index contributed by atoms with van der Waals surface area (Å²) in [6, 6.07) is 4.74. The van der Waals surface area contributed by atoms with E-state index in [9.17, 15) is 4.79 Å². The predicted octanol–water partition coefficient (Wildman–Crippen LogP) is 4.64. The average Bonchev–Trinajstić information content (AvgIpc) is 3.16. The van der Waals surface area contributed by atoms with E-state index >= 15 is 0 Å². The van der Waals surface area contributed by atoms with Gasteiger partial charge in [0.05, 0.1) is 32.8 Å². The Kier molecular flexibility index (Phi) is 5.90. The molecule has 3 rings (SSSR count). The molecule has 0 aliphatic rings. The van der Waals surface area contributed by atoms with Crippen molar-refractivity contribution in [1.29, 1.82) is 0 Å². The molecule has 142 valence electrons. The summed E-state index contributed by atoms with van der Waals surface area (Å²) >= 11 is 19.2. The van der Waals surface area contributed by atoms with E-state index in [1.165, 1.54) is 16.8 Å².